The van der Waals surface area contributed by atoms with Gasteiger partial charge in [-0.2, -0.15) is 5.10 Å². The van der Waals surface area contributed by atoms with Gasteiger partial charge in [0.2, 0.25) is 0 Å². The Morgan fingerprint density at radius 3 is 2.83 bits per heavy atom. The molecule has 1 saturated heterocycles. The average Bonchev–Trinajstić information content (AvgIpc) is 2.88. The fraction of sp³-hybridized carbons (Fsp3) is 0.562. The van der Waals surface area contributed by atoms with Gasteiger partial charge in [-0.15, -0.1) is 0 Å². The number of ether oxygens (including phenoxy) is 1. The van der Waals surface area contributed by atoms with Crippen LogP contribution in [0.2, 0.25) is 0 Å². The zero-order chi connectivity index (χ0) is 16.2. The third-order valence-corrected chi connectivity index (χ3v) is 6.04. The summed E-state index contributed by atoms with van der Waals surface area (Å²) in [6.07, 6.45) is 6.41. The molecule has 4 rings (SSSR count). The highest BCUT2D eigenvalue weighted by Gasteiger charge is 2.53. The number of hydrogen-bond acceptors (Lipinski definition) is 6. The summed E-state index contributed by atoms with van der Waals surface area (Å²) in [4.78, 5) is 2.45. The van der Waals surface area contributed by atoms with E-state index in [-0.39, 0.29) is 0 Å². The van der Waals surface area contributed by atoms with Crippen molar-refractivity contribution in [1.82, 2.24) is 13.9 Å². The molecule has 0 bridgehead atoms. The number of methoxy groups -OCH3 is 1. The molecular weight excluding hydrogens is 310 g/mol. The number of aromatic nitrogens is 2. The van der Waals surface area contributed by atoms with Gasteiger partial charge in [0.05, 0.1) is 30.7 Å². The highest BCUT2D eigenvalue weighted by molar-refractivity contribution is 7.94. The van der Waals surface area contributed by atoms with Crippen LogP contribution in [-0.2, 0) is 0 Å². The molecule has 0 radical (unpaired) electrons. The highest BCUT2D eigenvalue weighted by atomic mass is 32.2. The lowest BCUT2D eigenvalue weighted by Gasteiger charge is -2.60. The number of aryl methyl sites for hydroxylation is 1. The number of nitrogens with zero attached hydrogens (tertiary/aromatic N) is 4. The van der Waals surface area contributed by atoms with E-state index >= 15 is 0 Å². The minimum absolute atomic E-state index is 0.489. The van der Waals surface area contributed by atoms with Crippen LogP contribution in [0.4, 0.5) is 5.69 Å². The molecule has 1 aliphatic heterocycles. The van der Waals surface area contributed by atoms with Gasteiger partial charge in [-0.1, -0.05) is 0 Å². The van der Waals surface area contributed by atoms with E-state index in [4.69, 9.17) is 9.88 Å². The van der Waals surface area contributed by atoms with Crippen LogP contribution in [0.3, 0.4) is 0 Å². The van der Waals surface area contributed by atoms with Gasteiger partial charge in [0, 0.05) is 36.7 Å². The summed E-state index contributed by atoms with van der Waals surface area (Å²) in [5, 5.41) is 10.2. The predicted molar refractivity (Wildman–Crippen MR) is 93.7 cm³/mol. The maximum atomic E-state index is 5.65. The lowest BCUT2D eigenvalue weighted by atomic mass is 9.60. The van der Waals surface area contributed by atoms with Gasteiger partial charge >= 0.3 is 0 Å². The normalized spacial score (nSPS) is 20.1. The van der Waals surface area contributed by atoms with Crippen molar-refractivity contribution in [2.24, 2.45) is 10.6 Å². The van der Waals surface area contributed by atoms with Crippen LogP contribution in [0.15, 0.2) is 18.5 Å². The molecule has 6 nitrogen and oxygen atoms in total. The first-order valence-electron chi connectivity index (χ1n) is 7.92. The quantitative estimate of drug-likeness (QED) is 0.865. The Bertz CT molecular complexity index is 731. The molecule has 0 aromatic carbocycles. The largest absolute Gasteiger partial charge is 0.495 e. The summed E-state index contributed by atoms with van der Waals surface area (Å²) in [5.74, 6) is 0.842. The second kappa shape index (κ2) is 5.29. The van der Waals surface area contributed by atoms with Crippen molar-refractivity contribution in [3.63, 3.8) is 0 Å². The van der Waals surface area contributed by atoms with Gasteiger partial charge in [-0.3, -0.25) is 5.14 Å². The van der Waals surface area contributed by atoms with Crippen LogP contribution < -0.4 is 14.8 Å². The number of rotatable bonds is 4. The molecule has 2 aliphatic rings. The van der Waals surface area contributed by atoms with E-state index in [0.717, 1.165) is 18.8 Å². The molecule has 1 aliphatic carbocycles. The summed E-state index contributed by atoms with van der Waals surface area (Å²) in [5.41, 5.74) is 4.11. The topological polar surface area (TPSA) is 59.0 Å². The molecule has 2 aromatic rings. The van der Waals surface area contributed by atoms with Crippen molar-refractivity contribution in [1.29, 1.82) is 0 Å². The van der Waals surface area contributed by atoms with E-state index in [2.05, 4.69) is 34.3 Å². The molecule has 0 atom stereocenters. The van der Waals surface area contributed by atoms with Gasteiger partial charge in [0.1, 0.15) is 5.75 Å². The van der Waals surface area contributed by atoms with Crippen LogP contribution in [0.5, 0.6) is 5.75 Å². The molecule has 1 spiro atoms. The standard InChI is InChI=1S/C16H23N5OS/c1-11-4-13(22-3)8-21-15(11)14(7-18-21)20-9-16(10-20)5-12(6-16)19(2)23-17/h4,7-8,12H,5-6,9-10,17H2,1-3H3. The Morgan fingerprint density at radius 2 is 2.17 bits per heavy atom. The fourth-order valence-corrected chi connectivity index (χ4v) is 4.41. The second-order valence-electron chi connectivity index (χ2n) is 6.96. The monoisotopic (exact) mass is 333 g/mol. The third-order valence-electron chi connectivity index (χ3n) is 5.40. The van der Waals surface area contributed by atoms with Crippen molar-refractivity contribution in [3.8, 4) is 5.75 Å². The minimum atomic E-state index is 0.489. The van der Waals surface area contributed by atoms with Gasteiger partial charge in [0.25, 0.3) is 0 Å². The SMILES string of the molecule is COc1cc(C)c2c(N3CC4(CC(N(C)SN)C4)C3)cnn2c1. The van der Waals surface area contributed by atoms with Crippen molar-refractivity contribution in [2.45, 2.75) is 25.8 Å². The summed E-state index contributed by atoms with van der Waals surface area (Å²) >= 11 is 1.34. The molecule has 0 unspecified atom stereocenters. The molecule has 3 heterocycles. The number of fused-ring (bicyclic) bond motifs is 1. The lowest BCUT2D eigenvalue weighted by molar-refractivity contribution is 0.0245. The third kappa shape index (κ3) is 2.29. The molecule has 0 amide bonds. The van der Waals surface area contributed by atoms with Gasteiger partial charge in [0.15, 0.2) is 0 Å². The Morgan fingerprint density at radius 1 is 1.43 bits per heavy atom. The lowest BCUT2D eigenvalue weighted by Crippen LogP contribution is -2.65. The van der Waals surface area contributed by atoms with Gasteiger partial charge < -0.3 is 9.64 Å². The van der Waals surface area contributed by atoms with Crippen molar-refractivity contribution < 1.29 is 4.74 Å². The van der Waals surface area contributed by atoms with Crippen LogP contribution >= 0.6 is 12.1 Å². The van der Waals surface area contributed by atoms with Crippen molar-refractivity contribution in [2.75, 3.05) is 32.1 Å². The fourth-order valence-electron chi connectivity index (χ4n) is 4.09. The first-order valence-corrected chi connectivity index (χ1v) is 8.75. The van der Waals surface area contributed by atoms with Crippen LogP contribution in [0.1, 0.15) is 18.4 Å². The molecule has 124 valence electrons. The Balaban J connectivity index is 1.50. The first kappa shape index (κ1) is 15.1. The van der Waals surface area contributed by atoms with Gasteiger partial charge in [-0.05, 0) is 38.4 Å². The van der Waals surface area contributed by atoms with E-state index in [1.807, 2.05) is 16.9 Å². The molecule has 23 heavy (non-hydrogen) atoms. The first-order chi connectivity index (χ1) is 11.0. The van der Waals surface area contributed by atoms with Crippen molar-refractivity contribution >= 4 is 23.3 Å². The van der Waals surface area contributed by atoms with Crippen LogP contribution in [-0.4, -0.2) is 47.2 Å². The molecule has 2 N–H and O–H groups in total. The summed E-state index contributed by atoms with van der Waals surface area (Å²) in [6, 6.07) is 2.70. The number of anilines is 1. The Hall–Kier alpha value is -1.44. The average molecular weight is 333 g/mol. The zero-order valence-corrected chi connectivity index (χ0v) is 14.6. The van der Waals surface area contributed by atoms with Crippen LogP contribution in [0.25, 0.3) is 5.52 Å². The maximum Gasteiger partial charge on any atom is 0.137 e. The number of nitrogens with two attached hydrogens (primary N) is 1. The van der Waals surface area contributed by atoms with Crippen LogP contribution in [0, 0.1) is 12.3 Å². The minimum Gasteiger partial charge on any atom is -0.495 e. The highest BCUT2D eigenvalue weighted by Crippen LogP contribution is 2.52. The summed E-state index contributed by atoms with van der Waals surface area (Å²) in [7, 11) is 3.77. The van der Waals surface area contributed by atoms with Crippen molar-refractivity contribution in [3.05, 3.63) is 24.0 Å². The number of hydrogen-bond donors (Lipinski definition) is 1. The predicted octanol–water partition coefficient (Wildman–Crippen LogP) is 2.07. The summed E-state index contributed by atoms with van der Waals surface area (Å²) < 4.78 is 9.43. The molecule has 1 saturated carbocycles. The summed E-state index contributed by atoms with van der Waals surface area (Å²) in [6.45, 7) is 4.37. The molecule has 2 fully saturated rings. The second-order valence-corrected chi connectivity index (χ2v) is 7.74. The van der Waals surface area contributed by atoms with E-state index in [1.54, 1.807) is 7.11 Å². The van der Waals surface area contributed by atoms with E-state index in [9.17, 15) is 0 Å². The Labute approximate surface area is 140 Å². The molecule has 2 aromatic heterocycles. The molecule has 7 heteroatoms. The van der Waals surface area contributed by atoms with E-state index in [1.165, 1.54) is 41.7 Å². The van der Waals surface area contributed by atoms with Gasteiger partial charge in [-0.25, -0.2) is 8.82 Å². The number of pyridine rings is 1. The maximum absolute atomic E-state index is 5.65. The molecular formula is C16H23N5OS. The zero-order valence-electron chi connectivity index (χ0n) is 13.8. The van der Waals surface area contributed by atoms with E-state index < -0.39 is 0 Å². The van der Waals surface area contributed by atoms with E-state index in [0.29, 0.717) is 11.5 Å². The Kier molecular flexibility index (Phi) is 3.48. The smallest absolute Gasteiger partial charge is 0.137 e.